The molecule has 0 unspecified atom stereocenters. The summed E-state index contributed by atoms with van der Waals surface area (Å²) in [6, 6.07) is 16.9. The van der Waals surface area contributed by atoms with Gasteiger partial charge in [0, 0.05) is 13.1 Å². The summed E-state index contributed by atoms with van der Waals surface area (Å²) in [5, 5.41) is 9.35. The van der Waals surface area contributed by atoms with E-state index >= 15 is 0 Å². The summed E-state index contributed by atoms with van der Waals surface area (Å²) >= 11 is 1.89. The van der Waals surface area contributed by atoms with Gasteiger partial charge in [-0.15, -0.1) is 0 Å². The summed E-state index contributed by atoms with van der Waals surface area (Å²) in [6.45, 7) is 9.50. The van der Waals surface area contributed by atoms with Gasteiger partial charge < -0.3 is 28.9 Å². The van der Waals surface area contributed by atoms with Crippen LogP contribution in [-0.4, -0.2) is 32.6 Å². The maximum atomic E-state index is 4.41. The molecule has 2 heterocycles. The minimum atomic E-state index is 0. The van der Waals surface area contributed by atoms with E-state index in [0.717, 1.165) is 30.2 Å². The van der Waals surface area contributed by atoms with Crippen molar-refractivity contribution in [1.29, 1.82) is 0 Å². The largest absolute Gasteiger partial charge is 1.00 e. The van der Waals surface area contributed by atoms with Gasteiger partial charge in [0.15, 0.2) is 0 Å². The van der Waals surface area contributed by atoms with Crippen LogP contribution in [0.15, 0.2) is 65.0 Å². The number of hydrogen-bond donors (Lipinski definition) is 0. The molecule has 0 fully saturated rings. The van der Waals surface area contributed by atoms with E-state index in [2.05, 4.69) is 94.0 Å². The fourth-order valence-corrected chi connectivity index (χ4v) is 6.48. The van der Waals surface area contributed by atoms with Crippen molar-refractivity contribution in [2.75, 3.05) is 18.0 Å². The van der Waals surface area contributed by atoms with Crippen molar-refractivity contribution >= 4 is 64.3 Å². The minimum Gasteiger partial charge on any atom is -1.00 e. The van der Waals surface area contributed by atoms with Crippen molar-refractivity contribution in [2.45, 2.75) is 27.3 Å². The number of halogens is 1. The number of rotatable bonds is 8. The van der Waals surface area contributed by atoms with Crippen LogP contribution in [0.25, 0.3) is 21.9 Å². The molecule has 8 heteroatoms. The smallest absolute Gasteiger partial charge is 1.00 e. The molecule has 0 spiro atoms. The quantitative estimate of drug-likeness (QED) is 0.131. The number of aromatic nitrogens is 2. The molecule has 32 heavy (non-hydrogen) atoms. The molecule has 0 saturated heterocycles. The Morgan fingerprint density at radius 1 is 1.00 bits per heavy atom. The maximum absolute atomic E-state index is 4.41. The van der Waals surface area contributed by atoms with Gasteiger partial charge in [-0.3, -0.25) is 0 Å². The van der Waals surface area contributed by atoms with Gasteiger partial charge in [-0.25, -0.2) is 0 Å². The summed E-state index contributed by atoms with van der Waals surface area (Å²) in [6.07, 6.45) is 6.23. The fourth-order valence-electron chi connectivity index (χ4n) is 3.48. The Hall–Kier alpha value is -1.87. The molecule has 0 radical (unpaired) electrons. The van der Waals surface area contributed by atoms with E-state index in [1.807, 2.05) is 18.3 Å². The van der Waals surface area contributed by atoms with Crippen LogP contribution in [0.2, 0.25) is 0 Å². The molecule has 0 atom stereocenters. The minimum absolute atomic E-state index is 0. The van der Waals surface area contributed by atoms with Crippen molar-refractivity contribution in [3.63, 3.8) is 0 Å². The molecule has 5 nitrogen and oxygen atoms in total. The molecule has 0 aliphatic heterocycles. The van der Waals surface area contributed by atoms with E-state index in [4.69, 9.17) is 0 Å². The third-order valence-corrected chi connectivity index (χ3v) is 8.30. The van der Waals surface area contributed by atoms with Gasteiger partial charge in [0.05, 0.1) is 0 Å². The van der Waals surface area contributed by atoms with E-state index in [1.165, 1.54) is 20.0 Å². The fraction of sp³-hybridized carbons (Fsp3) is 0.250. The van der Waals surface area contributed by atoms with Gasteiger partial charge in [0.2, 0.25) is 0 Å². The maximum Gasteiger partial charge on any atom is -1.00 e. The van der Waals surface area contributed by atoms with E-state index in [0.29, 0.717) is 19.6 Å². The first-order valence-electron chi connectivity index (χ1n) is 10.5. The van der Waals surface area contributed by atoms with Crippen LogP contribution in [-0.2, 0) is 6.54 Å². The normalized spacial score (nSPS) is 11.5. The Labute approximate surface area is 216 Å². The molecule has 0 aliphatic rings. The number of fused-ring (bicyclic) bond motifs is 1. The number of thiazole rings is 1. The van der Waals surface area contributed by atoms with Gasteiger partial charge in [-0.1, -0.05) is 0 Å². The zero-order valence-electron chi connectivity index (χ0n) is 18.4. The average Bonchev–Trinajstić information content (AvgIpc) is 3.41. The SMILES string of the molecule is CCN(CC)c1ccc(N=Nc2ncc(/C=C/c3[se]c4ccccc4[n+]3CC)s2)cc1.[I-]. The molecule has 0 bridgehead atoms. The molecule has 2 aromatic carbocycles. The standard InChI is InChI=1S/C24H26N5SSe.HI/c1-4-28(5-2)19-13-11-18(12-14-19)26-27-24-25-17-20(30-24)15-16-23-29(6-3)21-9-7-8-10-22(21)31-23;/h7-17H,4-6H2,1-3H3;1H/q+1;/p-1. The summed E-state index contributed by atoms with van der Waals surface area (Å²) in [4.78, 5) is 7.80. The number of nitrogens with zero attached hydrogens (tertiary/aromatic N) is 5. The Balaban J connectivity index is 0.00000289. The average molecular weight is 622 g/mol. The van der Waals surface area contributed by atoms with E-state index in [1.54, 1.807) is 11.3 Å². The van der Waals surface area contributed by atoms with Crippen LogP contribution in [0.4, 0.5) is 16.5 Å². The summed E-state index contributed by atoms with van der Waals surface area (Å²) in [7, 11) is 0. The van der Waals surface area contributed by atoms with Crippen molar-refractivity contribution in [3.05, 3.63) is 64.2 Å². The van der Waals surface area contributed by atoms with Crippen LogP contribution in [0.1, 0.15) is 30.2 Å². The zero-order chi connectivity index (χ0) is 21.6. The summed E-state index contributed by atoms with van der Waals surface area (Å²) < 4.78 is 5.22. The predicted octanol–water partition coefficient (Wildman–Crippen LogP) is 3.10. The van der Waals surface area contributed by atoms with Gasteiger partial charge in [0.1, 0.15) is 0 Å². The van der Waals surface area contributed by atoms with Gasteiger partial charge >= 0.3 is 162 Å². The van der Waals surface area contributed by atoms with Gasteiger partial charge in [0.25, 0.3) is 0 Å². The Bertz CT molecular complexity index is 1210. The third-order valence-electron chi connectivity index (χ3n) is 5.08. The van der Waals surface area contributed by atoms with Gasteiger partial charge in [-0.2, -0.15) is 0 Å². The van der Waals surface area contributed by atoms with Crippen LogP contribution in [0.5, 0.6) is 0 Å². The summed E-state index contributed by atoms with van der Waals surface area (Å²) in [5.41, 5.74) is 3.39. The topological polar surface area (TPSA) is 44.7 Å². The Morgan fingerprint density at radius 2 is 1.75 bits per heavy atom. The number of para-hydroxylation sites is 1. The third kappa shape index (κ3) is 5.73. The first-order valence-corrected chi connectivity index (χ1v) is 13.1. The van der Waals surface area contributed by atoms with Crippen LogP contribution < -0.4 is 33.4 Å². The predicted molar refractivity (Wildman–Crippen MR) is 132 cm³/mol. The second kappa shape index (κ2) is 11.8. The second-order valence-corrected chi connectivity index (χ2v) is 10.2. The number of hydrogen-bond acceptors (Lipinski definition) is 5. The Kier molecular flexibility index (Phi) is 9.16. The number of aryl methyl sites for hydroxylation is 1. The van der Waals surface area contributed by atoms with Crippen molar-refractivity contribution in [2.24, 2.45) is 10.2 Å². The monoisotopic (exact) mass is 623 g/mol. The van der Waals surface area contributed by atoms with Crippen LogP contribution in [0, 0.1) is 0 Å². The molecule has 0 amide bonds. The molecule has 166 valence electrons. The van der Waals surface area contributed by atoms with Gasteiger partial charge in [-0.05, 0) is 13.8 Å². The van der Waals surface area contributed by atoms with Crippen molar-refractivity contribution < 1.29 is 28.5 Å². The summed E-state index contributed by atoms with van der Waals surface area (Å²) in [5.74, 6) is 0. The Morgan fingerprint density at radius 3 is 2.47 bits per heavy atom. The van der Waals surface area contributed by atoms with Crippen molar-refractivity contribution in [1.82, 2.24) is 4.98 Å². The number of benzene rings is 2. The molecule has 4 rings (SSSR count). The molecule has 2 aromatic heterocycles. The van der Waals surface area contributed by atoms with Crippen LogP contribution >= 0.6 is 11.3 Å². The molecular formula is C24H26IN5SSe. The van der Waals surface area contributed by atoms with Crippen molar-refractivity contribution in [3.8, 4) is 0 Å². The number of anilines is 1. The second-order valence-electron chi connectivity index (χ2n) is 6.92. The number of azo groups is 1. The molecule has 0 N–H and O–H groups in total. The molecule has 0 aliphatic carbocycles. The molecule has 4 aromatic rings. The van der Waals surface area contributed by atoms with E-state index in [9.17, 15) is 0 Å². The van der Waals surface area contributed by atoms with E-state index < -0.39 is 0 Å². The first-order chi connectivity index (χ1) is 15.2. The first kappa shape index (κ1) is 24.8. The molecular weight excluding hydrogens is 596 g/mol. The zero-order valence-corrected chi connectivity index (χ0v) is 23.1. The van der Waals surface area contributed by atoms with E-state index in [-0.39, 0.29) is 24.0 Å². The molecule has 0 saturated carbocycles. The van der Waals surface area contributed by atoms with Crippen LogP contribution in [0.3, 0.4) is 0 Å².